The van der Waals surface area contributed by atoms with Gasteiger partial charge in [-0.2, -0.15) is 0 Å². The summed E-state index contributed by atoms with van der Waals surface area (Å²) in [5.41, 5.74) is 7.86. The second-order valence-electron chi connectivity index (χ2n) is 8.49. The van der Waals surface area contributed by atoms with Crippen LogP contribution in [0.3, 0.4) is 0 Å². The van der Waals surface area contributed by atoms with Gasteiger partial charge in [-0.05, 0) is 76.5 Å². The standard InChI is InChI=1S/C20H33N3O4S3/c1-12(2)30(26,27)23-14-9-7-13(8-10-14)11-21-22-19(25)18-15-5-4-6-16(24)17(15)20(28-3)29-18/h12-14,16,21,23-24H,4-11H2,1-3H3,(H,22,25). The van der Waals surface area contributed by atoms with E-state index in [4.69, 9.17) is 0 Å². The third-order valence-electron chi connectivity index (χ3n) is 6.03. The van der Waals surface area contributed by atoms with E-state index in [1.165, 1.54) is 11.3 Å². The van der Waals surface area contributed by atoms with Crippen molar-refractivity contribution in [2.45, 2.75) is 80.4 Å². The van der Waals surface area contributed by atoms with E-state index in [-0.39, 0.29) is 11.9 Å². The van der Waals surface area contributed by atoms with Crippen LogP contribution in [-0.4, -0.2) is 43.5 Å². The van der Waals surface area contributed by atoms with Gasteiger partial charge in [-0.15, -0.1) is 23.1 Å². The number of sulfonamides is 1. The molecule has 7 nitrogen and oxygen atoms in total. The summed E-state index contributed by atoms with van der Waals surface area (Å²) in [6.45, 7) is 4.04. The third kappa shape index (κ3) is 5.58. The molecule has 30 heavy (non-hydrogen) atoms. The van der Waals surface area contributed by atoms with Crippen molar-refractivity contribution in [1.82, 2.24) is 15.6 Å². The molecule has 1 atom stereocenters. The lowest BCUT2D eigenvalue weighted by Gasteiger charge is -2.29. The Balaban J connectivity index is 1.47. The molecule has 10 heteroatoms. The normalized spacial score (nSPS) is 24.6. The maximum atomic E-state index is 12.7. The van der Waals surface area contributed by atoms with Crippen LogP contribution in [0.15, 0.2) is 4.21 Å². The number of aliphatic hydroxyl groups excluding tert-OH is 1. The summed E-state index contributed by atoms with van der Waals surface area (Å²) in [6, 6.07) is 0.0114. The molecule has 170 valence electrons. The van der Waals surface area contributed by atoms with Crippen molar-refractivity contribution in [3.05, 3.63) is 16.0 Å². The van der Waals surface area contributed by atoms with Crippen LogP contribution in [0.2, 0.25) is 0 Å². The van der Waals surface area contributed by atoms with Gasteiger partial charge in [-0.1, -0.05) is 0 Å². The van der Waals surface area contributed by atoms with Gasteiger partial charge in [0.05, 0.1) is 20.4 Å². The van der Waals surface area contributed by atoms with Gasteiger partial charge in [0.2, 0.25) is 10.0 Å². The molecule has 1 amide bonds. The van der Waals surface area contributed by atoms with Gasteiger partial charge in [0, 0.05) is 18.2 Å². The number of thioether (sulfide) groups is 1. The number of hydrogen-bond donors (Lipinski definition) is 4. The van der Waals surface area contributed by atoms with Crippen molar-refractivity contribution in [1.29, 1.82) is 0 Å². The molecule has 0 aliphatic heterocycles. The topological polar surface area (TPSA) is 108 Å². The predicted octanol–water partition coefficient (Wildman–Crippen LogP) is 2.96. The fraction of sp³-hybridized carbons (Fsp3) is 0.750. The van der Waals surface area contributed by atoms with Gasteiger partial charge in [-0.3, -0.25) is 10.2 Å². The zero-order chi connectivity index (χ0) is 21.9. The number of rotatable bonds is 8. The monoisotopic (exact) mass is 475 g/mol. The molecule has 1 unspecified atom stereocenters. The first-order chi connectivity index (χ1) is 14.2. The molecular formula is C20H33N3O4S3. The first-order valence-electron chi connectivity index (χ1n) is 10.6. The summed E-state index contributed by atoms with van der Waals surface area (Å²) in [4.78, 5) is 13.4. The Morgan fingerprint density at radius 1 is 1.23 bits per heavy atom. The second-order valence-corrected chi connectivity index (χ2v) is 12.9. The number of nitrogens with one attached hydrogen (secondary N) is 3. The average molecular weight is 476 g/mol. The van der Waals surface area contributed by atoms with Gasteiger partial charge in [0.1, 0.15) is 0 Å². The maximum Gasteiger partial charge on any atom is 0.275 e. The number of hydrazine groups is 1. The first kappa shape index (κ1) is 24.0. The first-order valence-corrected chi connectivity index (χ1v) is 14.2. The van der Waals surface area contributed by atoms with Crippen molar-refractivity contribution < 1.29 is 18.3 Å². The Kier molecular flexibility index (Phi) is 8.25. The lowest BCUT2D eigenvalue weighted by Crippen LogP contribution is -2.44. The van der Waals surface area contributed by atoms with Crippen molar-refractivity contribution in [3.63, 3.8) is 0 Å². The Bertz CT molecular complexity index is 846. The van der Waals surface area contributed by atoms with Crippen LogP contribution in [0, 0.1) is 5.92 Å². The largest absolute Gasteiger partial charge is 0.388 e. The highest BCUT2D eigenvalue weighted by atomic mass is 32.2. The number of carbonyl (C=O) groups is 1. The molecule has 1 fully saturated rings. The maximum absolute atomic E-state index is 12.7. The summed E-state index contributed by atoms with van der Waals surface area (Å²) in [5, 5.41) is 9.93. The molecule has 4 N–H and O–H groups in total. The Morgan fingerprint density at radius 3 is 2.57 bits per heavy atom. The lowest BCUT2D eigenvalue weighted by molar-refractivity contribution is 0.0930. The number of thiophene rings is 1. The molecule has 1 heterocycles. The zero-order valence-electron chi connectivity index (χ0n) is 17.9. The molecule has 2 aliphatic rings. The van der Waals surface area contributed by atoms with Gasteiger partial charge in [0.25, 0.3) is 5.91 Å². The molecule has 1 aromatic heterocycles. The average Bonchev–Trinajstić information content (AvgIpc) is 3.09. The Hall–Kier alpha value is -0.650. The van der Waals surface area contributed by atoms with Crippen LogP contribution in [-0.2, 0) is 16.4 Å². The van der Waals surface area contributed by atoms with E-state index in [2.05, 4.69) is 15.6 Å². The SMILES string of the molecule is CSc1sc(C(=O)NNCC2CCC(NS(=O)(=O)C(C)C)CC2)c2c1C(O)CCC2. The molecule has 3 rings (SSSR count). The van der Waals surface area contributed by atoms with E-state index in [1.54, 1.807) is 25.6 Å². The summed E-state index contributed by atoms with van der Waals surface area (Å²) in [6.07, 6.45) is 7.48. The zero-order valence-corrected chi connectivity index (χ0v) is 20.3. The number of aliphatic hydroxyl groups is 1. The van der Waals surface area contributed by atoms with Crippen LogP contribution in [0.1, 0.15) is 79.3 Å². The highest BCUT2D eigenvalue weighted by Gasteiger charge is 2.30. The molecule has 0 aromatic carbocycles. The van der Waals surface area contributed by atoms with E-state index in [9.17, 15) is 18.3 Å². The highest BCUT2D eigenvalue weighted by Crippen LogP contribution is 2.43. The van der Waals surface area contributed by atoms with E-state index in [0.29, 0.717) is 17.3 Å². The fourth-order valence-electron chi connectivity index (χ4n) is 4.18. The van der Waals surface area contributed by atoms with E-state index < -0.39 is 21.4 Å². The van der Waals surface area contributed by atoms with Gasteiger partial charge < -0.3 is 5.11 Å². The number of hydrogen-bond acceptors (Lipinski definition) is 7. The summed E-state index contributed by atoms with van der Waals surface area (Å²) < 4.78 is 27.9. The van der Waals surface area contributed by atoms with Crippen LogP contribution in [0.5, 0.6) is 0 Å². The van der Waals surface area contributed by atoms with Crippen molar-refractivity contribution in [2.24, 2.45) is 5.92 Å². The minimum Gasteiger partial charge on any atom is -0.388 e. The van der Waals surface area contributed by atoms with Crippen LogP contribution >= 0.6 is 23.1 Å². The summed E-state index contributed by atoms with van der Waals surface area (Å²) >= 11 is 3.05. The smallest absolute Gasteiger partial charge is 0.275 e. The lowest BCUT2D eigenvalue weighted by atomic mass is 9.86. The molecule has 0 spiro atoms. The second kappa shape index (κ2) is 10.3. The van der Waals surface area contributed by atoms with Crippen LogP contribution < -0.4 is 15.6 Å². The van der Waals surface area contributed by atoms with Crippen molar-refractivity contribution >= 4 is 39.0 Å². The summed E-state index contributed by atoms with van der Waals surface area (Å²) in [5.74, 6) is 0.273. The van der Waals surface area contributed by atoms with E-state index >= 15 is 0 Å². The van der Waals surface area contributed by atoms with Gasteiger partial charge in [-0.25, -0.2) is 18.6 Å². The van der Waals surface area contributed by atoms with E-state index in [0.717, 1.165) is 60.3 Å². The molecule has 0 saturated heterocycles. The molecule has 2 aliphatic carbocycles. The Labute approximate surface area is 187 Å². The molecule has 0 radical (unpaired) electrons. The van der Waals surface area contributed by atoms with E-state index in [1.807, 2.05) is 6.26 Å². The fourth-order valence-corrected chi connectivity index (χ4v) is 7.25. The van der Waals surface area contributed by atoms with Crippen molar-refractivity contribution in [3.8, 4) is 0 Å². The number of fused-ring (bicyclic) bond motifs is 1. The number of amides is 1. The predicted molar refractivity (Wildman–Crippen MR) is 122 cm³/mol. The van der Waals surface area contributed by atoms with Gasteiger partial charge >= 0.3 is 0 Å². The van der Waals surface area contributed by atoms with Crippen molar-refractivity contribution in [2.75, 3.05) is 12.8 Å². The van der Waals surface area contributed by atoms with Crippen LogP contribution in [0.25, 0.3) is 0 Å². The highest BCUT2D eigenvalue weighted by molar-refractivity contribution is 8.00. The molecule has 1 aromatic rings. The number of carbonyl (C=O) groups excluding carboxylic acids is 1. The minimum absolute atomic E-state index is 0.0114. The van der Waals surface area contributed by atoms with Crippen LogP contribution in [0.4, 0.5) is 0 Å². The quantitative estimate of drug-likeness (QED) is 0.340. The molecule has 1 saturated carbocycles. The third-order valence-corrected chi connectivity index (χ3v) is 10.3. The Morgan fingerprint density at radius 2 is 1.93 bits per heavy atom. The molecular weight excluding hydrogens is 442 g/mol. The minimum atomic E-state index is -3.23. The van der Waals surface area contributed by atoms with Gasteiger partial charge in [0.15, 0.2) is 0 Å². The molecule has 0 bridgehead atoms. The summed E-state index contributed by atoms with van der Waals surface area (Å²) in [7, 11) is -3.23.